The number of aliphatic hydroxyl groups is 1. The average molecular weight is 222 g/mol. The number of ether oxygens (including phenoxy) is 1. The predicted molar refractivity (Wildman–Crippen MR) is 66.5 cm³/mol. The van der Waals surface area contributed by atoms with E-state index < -0.39 is 6.10 Å². The summed E-state index contributed by atoms with van der Waals surface area (Å²) in [6.07, 6.45) is -0.515. The lowest BCUT2D eigenvalue weighted by Gasteiger charge is -2.15. The Morgan fingerprint density at radius 2 is 1.88 bits per heavy atom. The molecule has 0 aliphatic carbocycles. The maximum absolute atomic E-state index is 10.0. The number of rotatable bonds is 5. The van der Waals surface area contributed by atoms with E-state index in [1.807, 2.05) is 26.0 Å². The van der Waals surface area contributed by atoms with Crippen LogP contribution >= 0.6 is 0 Å². The summed E-state index contributed by atoms with van der Waals surface area (Å²) >= 11 is 0. The second kappa shape index (κ2) is 6.02. The molecule has 1 aromatic carbocycles. The van der Waals surface area contributed by atoms with Crippen molar-refractivity contribution in [3.8, 4) is 0 Å². The van der Waals surface area contributed by atoms with Gasteiger partial charge in [0.15, 0.2) is 0 Å². The first kappa shape index (κ1) is 13.2. The zero-order valence-electron chi connectivity index (χ0n) is 10.7. The second-order valence-corrected chi connectivity index (χ2v) is 4.81. The van der Waals surface area contributed by atoms with Crippen molar-refractivity contribution in [3.05, 3.63) is 34.9 Å². The maximum Gasteiger partial charge on any atom is 0.103 e. The summed E-state index contributed by atoms with van der Waals surface area (Å²) in [4.78, 5) is 0. The number of hydrogen-bond donors (Lipinski definition) is 1. The Balaban J connectivity index is 2.58. The molecule has 0 aliphatic heterocycles. The van der Waals surface area contributed by atoms with E-state index in [-0.39, 0.29) is 0 Å². The van der Waals surface area contributed by atoms with Gasteiger partial charge in [-0.1, -0.05) is 37.6 Å². The van der Waals surface area contributed by atoms with E-state index in [9.17, 15) is 5.11 Å². The molecule has 0 aliphatic rings. The van der Waals surface area contributed by atoms with Gasteiger partial charge in [-0.05, 0) is 30.9 Å². The molecular weight excluding hydrogens is 200 g/mol. The van der Waals surface area contributed by atoms with Crippen molar-refractivity contribution in [1.82, 2.24) is 0 Å². The van der Waals surface area contributed by atoms with E-state index in [0.29, 0.717) is 19.1 Å². The highest BCUT2D eigenvalue weighted by atomic mass is 16.5. The SMILES string of the molecule is Cc1ccc(C)c(C(O)COCC(C)C)c1. The topological polar surface area (TPSA) is 29.5 Å². The molecule has 2 nitrogen and oxygen atoms in total. The van der Waals surface area contributed by atoms with Crippen LogP contribution in [0.2, 0.25) is 0 Å². The van der Waals surface area contributed by atoms with Crippen molar-refractivity contribution in [2.24, 2.45) is 5.92 Å². The van der Waals surface area contributed by atoms with Gasteiger partial charge in [0.1, 0.15) is 6.10 Å². The number of benzene rings is 1. The molecule has 0 saturated carbocycles. The van der Waals surface area contributed by atoms with Crippen LogP contribution in [0.1, 0.15) is 36.6 Å². The zero-order chi connectivity index (χ0) is 12.1. The largest absolute Gasteiger partial charge is 0.386 e. The molecule has 1 N–H and O–H groups in total. The van der Waals surface area contributed by atoms with E-state index in [1.54, 1.807) is 0 Å². The summed E-state index contributed by atoms with van der Waals surface area (Å²) in [6.45, 7) is 9.32. The summed E-state index contributed by atoms with van der Waals surface area (Å²) in [5, 5.41) is 10.0. The molecule has 1 atom stereocenters. The van der Waals surface area contributed by atoms with Gasteiger partial charge in [-0.25, -0.2) is 0 Å². The molecule has 0 heterocycles. The van der Waals surface area contributed by atoms with E-state index in [0.717, 1.165) is 11.1 Å². The van der Waals surface area contributed by atoms with E-state index in [2.05, 4.69) is 19.9 Å². The Hall–Kier alpha value is -0.860. The third kappa shape index (κ3) is 3.95. The predicted octanol–water partition coefficient (Wildman–Crippen LogP) is 3.01. The minimum atomic E-state index is -0.515. The fourth-order valence-electron chi connectivity index (χ4n) is 1.62. The summed E-state index contributed by atoms with van der Waals surface area (Å²) < 4.78 is 5.46. The molecule has 0 fully saturated rings. The zero-order valence-corrected chi connectivity index (χ0v) is 10.7. The third-order valence-electron chi connectivity index (χ3n) is 2.52. The molecule has 90 valence electrons. The monoisotopic (exact) mass is 222 g/mol. The Kier molecular flexibility index (Phi) is 4.97. The van der Waals surface area contributed by atoms with Gasteiger partial charge in [-0.15, -0.1) is 0 Å². The molecule has 2 heteroatoms. The molecule has 0 saturated heterocycles. The van der Waals surface area contributed by atoms with Gasteiger partial charge in [0.2, 0.25) is 0 Å². The third-order valence-corrected chi connectivity index (χ3v) is 2.52. The lowest BCUT2D eigenvalue weighted by molar-refractivity contribution is 0.0247. The molecule has 16 heavy (non-hydrogen) atoms. The Labute approximate surface area is 98.3 Å². The number of aryl methyl sites for hydroxylation is 2. The quantitative estimate of drug-likeness (QED) is 0.830. The Bertz CT molecular complexity index is 332. The van der Waals surface area contributed by atoms with Gasteiger partial charge >= 0.3 is 0 Å². The average Bonchev–Trinajstić information content (AvgIpc) is 2.21. The maximum atomic E-state index is 10.0. The van der Waals surface area contributed by atoms with Crippen molar-refractivity contribution in [3.63, 3.8) is 0 Å². The van der Waals surface area contributed by atoms with Crippen LogP contribution in [0, 0.1) is 19.8 Å². The van der Waals surface area contributed by atoms with Crippen LogP contribution < -0.4 is 0 Å². The van der Waals surface area contributed by atoms with Gasteiger partial charge < -0.3 is 9.84 Å². The van der Waals surface area contributed by atoms with Crippen molar-refractivity contribution in [2.75, 3.05) is 13.2 Å². The van der Waals surface area contributed by atoms with Gasteiger partial charge in [-0.3, -0.25) is 0 Å². The van der Waals surface area contributed by atoms with Gasteiger partial charge in [0.25, 0.3) is 0 Å². The first-order valence-electron chi connectivity index (χ1n) is 5.83. The van der Waals surface area contributed by atoms with Crippen LogP contribution in [-0.2, 0) is 4.74 Å². The second-order valence-electron chi connectivity index (χ2n) is 4.81. The molecule has 1 rings (SSSR count). The van der Waals surface area contributed by atoms with E-state index >= 15 is 0 Å². The molecule has 0 aromatic heterocycles. The Morgan fingerprint density at radius 1 is 1.19 bits per heavy atom. The van der Waals surface area contributed by atoms with Crippen LogP contribution in [0.5, 0.6) is 0 Å². The highest BCUT2D eigenvalue weighted by molar-refractivity contribution is 5.32. The van der Waals surface area contributed by atoms with Gasteiger partial charge in [-0.2, -0.15) is 0 Å². The van der Waals surface area contributed by atoms with Crippen LogP contribution in [0.15, 0.2) is 18.2 Å². The van der Waals surface area contributed by atoms with Gasteiger partial charge in [0, 0.05) is 6.61 Å². The van der Waals surface area contributed by atoms with Crippen molar-refractivity contribution in [1.29, 1.82) is 0 Å². The first-order valence-corrected chi connectivity index (χ1v) is 5.83. The van der Waals surface area contributed by atoms with Crippen molar-refractivity contribution in [2.45, 2.75) is 33.8 Å². The minimum Gasteiger partial charge on any atom is -0.386 e. The first-order chi connectivity index (χ1) is 7.50. The van der Waals surface area contributed by atoms with E-state index in [4.69, 9.17) is 4.74 Å². The number of aliphatic hydroxyl groups excluding tert-OH is 1. The summed E-state index contributed by atoms with van der Waals surface area (Å²) in [7, 11) is 0. The van der Waals surface area contributed by atoms with Crippen LogP contribution in [0.3, 0.4) is 0 Å². The fourth-order valence-corrected chi connectivity index (χ4v) is 1.62. The number of hydrogen-bond acceptors (Lipinski definition) is 2. The highest BCUT2D eigenvalue weighted by Crippen LogP contribution is 2.19. The van der Waals surface area contributed by atoms with Gasteiger partial charge in [0.05, 0.1) is 6.61 Å². The van der Waals surface area contributed by atoms with Crippen LogP contribution in [-0.4, -0.2) is 18.3 Å². The molecule has 0 amide bonds. The Morgan fingerprint density at radius 3 is 2.50 bits per heavy atom. The highest BCUT2D eigenvalue weighted by Gasteiger charge is 2.10. The molecular formula is C14H22O2. The molecule has 0 bridgehead atoms. The van der Waals surface area contributed by atoms with Crippen molar-refractivity contribution < 1.29 is 9.84 Å². The molecule has 0 spiro atoms. The summed E-state index contributed by atoms with van der Waals surface area (Å²) in [5.41, 5.74) is 3.26. The minimum absolute atomic E-state index is 0.377. The van der Waals surface area contributed by atoms with E-state index in [1.165, 1.54) is 5.56 Å². The summed E-state index contributed by atoms with van der Waals surface area (Å²) in [5.74, 6) is 0.505. The smallest absolute Gasteiger partial charge is 0.103 e. The fraction of sp³-hybridized carbons (Fsp3) is 0.571. The van der Waals surface area contributed by atoms with Crippen molar-refractivity contribution >= 4 is 0 Å². The van der Waals surface area contributed by atoms with Crippen LogP contribution in [0.4, 0.5) is 0 Å². The summed E-state index contributed by atoms with van der Waals surface area (Å²) in [6, 6.07) is 6.12. The normalized spacial score (nSPS) is 13.1. The molecule has 0 radical (unpaired) electrons. The lowest BCUT2D eigenvalue weighted by atomic mass is 10.0. The standard InChI is InChI=1S/C14H22O2/c1-10(2)8-16-9-14(15)13-7-11(3)5-6-12(13)4/h5-7,10,14-15H,8-9H2,1-4H3. The molecule has 1 aromatic rings. The lowest BCUT2D eigenvalue weighted by Crippen LogP contribution is -2.11. The molecule has 1 unspecified atom stereocenters. The van der Waals surface area contributed by atoms with Crippen LogP contribution in [0.25, 0.3) is 0 Å².